The van der Waals surface area contributed by atoms with E-state index in [1.807, 2.05) is 0 Å². The van der Waals surface area contributed by atoms with Crippen LogP contribution in [-0.4, -0.2) is 32.3 Å². The number of nitrogens with zero attached hydrogens (tertiary/aromatic N) is 4. The quantitative estimate of drug-likeness (QED) is 0.778. The van der Waals surface area contributed by atoms with Crippen molar-refractivity contribution in [1.29, 1.82) is 0 Å². The van der Waals surface area contributed by atoms with Crippen LogP contribution < -0.4 is 10.1 Å². The van der Waals surface area contributed by atoms with Crippen molar-refractivity contribution in [2.75, 3.05) is 5.32 Å². The van der Waals surface area contributed by atoms with Gasteiger partial charge in [-0.05, 0) is 24.3 Å². The molecule has 0 spiro atoms. The third-order valence-electron chi connectivity index (χ3n) is 2.99. The fourth-order valence-electron chi connectivity index (χ4n) is 2.10. The molecule has 0 radical (unpaired) electrons. The van der Waals surface area contributed by atoms with Gasteiger partial charge in [0.15, 0.2) is 5.75 Å². The van der Waals surface area contributed by atoms with Crippen LogP contribution in [0.2, 0.25) is 0 Å². The van der Waals surface area contributed by atoms with Crippen LogP contribution in [0.3, 0.4) is 0 Å². The molecule has 2 heterocycles. The van der Waals surface area contributed by atoms with Gasteiger partial charge in [0.25, 0.3) is 0 Å². The molecule has 3 rings (SSSR count). The molecular formula is C14H11F2N5O2. The standard InChI is InChI=1S/C14H11F2N5O2/c15-14(16)23-11-4-3-10(9-2-1-5-18-13(9)11)20-12(22)6-21-8-17-7-19-21/h1-5,7-8,14H,6H2,(H,20,22). The maximum absolute atomic E-state index is 12.4. The monoisotopic (exact) mass is 319 g/mol. The second kappa shape index (κ2) is 6.34. The predicted molar refractivity (Wildman–Crippen MR) is 77.0 cm³/mol. The van der Waals surface area contributed by atoms with Gasteiger partial charge in [-0.1, -0.05) is 0 Å². The molecule has 1 aromatic carbocycles. The Bertz CT molecular complexity index is 823. The highest BCUT2D eigenvalue weighted by atomic mass is 19.3. The Morgan fingerprint density at radius 1 is 1.35 bits per heavy atom. The van der Waals surface area contributed by atoms with Gasteiger partial charge >= 0.3 is 6.61 Å². The van der Waals surface area contributed by atoms with Crippen molar-refractivity contribution in [3.63, 3.8) is 0 Å². The Balaban J connectivity index is 1.88. The number of benzene rings is 1. The summed E-state index contributed by atoms with van der Waals surface area (Å²) in [6.45, 7) is -2.97. The van der Waals surface area contributed by atoms with E-state index >= 15 is 0 Å². The van der Waals surface area contributed by atoms with Crippen molar-refractivity contribution in [1.82, 2.24) is 19.7 Å². The average Bonchev–Trinajstić information content (AvgIpc) is 3.02. The largest absolute Gasteiger partial charge is 0.432 e. The lowest BCUT2D eigenvalue weighted by Crippen LogP contribution is -2.19. The van der Waals surface area contributed by atoms with E-state index < -0.39 is 6.61 Å². The number of halogens is 2. The fraction of sp³-hybridized carbons (Fsp3) is 0.143. The summed E-state index contributed by atoms with van der Waals surface area (Å²) in [4.78, 5) is 19.8. The fourth-order valence-corrected chi connectivity index (χ4v) is 2.10. The van der Waals surface area contributed by atoms with Crippen molar-refractivity contribution < 1.29 is 18.3 Å². The second-order valence-corrected chi connectivity index (χ2v) is 4.53. The van der Waals surface area contributed by atoms with E-state index in [-0.39, 0.29) is 23.7 Å². The van der Waals surface area contributed by atoms with Crippen LogP contribution in [0.15, 0.2) is 43.1 Å². The van der Waals surface area contributed by atoms with E-state index in [1.54, 1.807) is 12.1 Å². The number of rotatable bonds is 5. The number of anilines is 1. The molecule has 118 valence electrons. The molecule has 23 heavy (non-hydrogen) atoms. The first-order chi connectivity index (χ1) is 11.1. The molecule has 2 aromatic heterocycles. The minimum absolute atomic E-state index is 0.0168. The summed E-state index contributed by atoms with van der Waals surface area (Å²) in [6.07, 6.45) is 4.20. The van der Waals surface area contributed by atoms with Gasteiger partial charge < -0.3 is 10.1 Å². The molecule has 0 saturated carbocycles. The van der Waals surface area contributed by atoms with E-state index in [9.17, 15) is 13.6 Å². The van der Waals surface area contributed by atoms with Crippen LogP contribution in [0.25, 0.3) is 10.9 Å². The molecule has 0 unspecified atom stereocenters. The smallest absolute Gasteiger partial charge is 0.387 e. The normalized spacial score (nSPS) is 10.9. The van der Waals surface area contributed by atoms with Crippen LogP contribution in [0.5, 0.6) is 5.75 Å². The number of nitrogens with one attached hydrogen (secondary N) is 1. The summed E-state index contributed by atoms with van der Waals surface area (Å²) >= 11 is 0. The third kappa shape index (κ3) is 3.39. The molecule has 0 aliphatic carbocycles. The summed E-state index contributed by atoms with van der Waals surface area (Å²) in [5.74, 6) is -0.381. The molecule has 0 atom stereocenters. The van der Waals surface area contributed by atoms with Gasteiger partial charge in [0, 0.05) is 11.6 Å². The molecule has 0 fully saturated rings. The second-order valence-electron chi connectivity index (χ2n) is 4.53. The Morgan fingerprint density at radius 2 is 2.22 bits per heavy atom. The zero-order valence-electron chi connectivity index (χ0n) is 11.7. The third-order valence-corrected chi connectivity index (χ3v) is 2.99. The maximum atomic E-state index is 12.4. The molecule has 9 heteroatoms. The van der Waals surface area contributed by atoms with Gasteiger partial charge in [-0.2, -0.15) is 13.9 Å². The Morgan fingerprint density at radius 3 is 2.96 bits per heavy atom. The van der Waals surface area contributed by atoms with Gasteiger partial charge in [0.1, 0.15) is 24.7 Å². The van der Waals surface area contributed by atoms with Gasteiger partial charge in [-0.15, -0.1) is 0 Å². The molecule has 0 saturated heterocycles. The van der Waals surface area contributed by atoms with Gasteiger partial charge in [-0.3, -0.25) is 9.78 Å². The number of aromatic nitrogens is 4. The highest BCUT2D eigenvalue weighted by Crippen LogP contribution is 2.30. The number of carbonyl (C=O) groups excluding carboxylic acids is 1. The number of fused-ring (bicyclic) bond motifs is 1. The number of hydrogen-bond donors (Lipinski definition) is 1. The molecule has 7 nitrogen and oxygen atoms in total. The highest BCUT2D eigenvalue weighted by Gasteiger charge is 2.13. The molecule has 0 aliphatic rings. The van der Waals surface area contributed by atoms with Gasteiger partial charge in [-0.25, -0.2) is 9.67 Å². The lowest BCUT2D eigenvalue weighted by molar-refractivity contribution is -0.116. The number of amides is 1. The SMILES string of the molecule is O=C(Cn1cncn1)Nc1ccc(OC(F)F)c2ncccc12. The summed E-state index contributed by atoms with van der Waals surface area (Å²) in [6, 6.07) is 6.13. The lowest BCUT2D eigenvalue weighted by atomic mass is 10.1. The molecule has 1 N–H and O–H groups in total. The Kier molecular flexibility index (Phi) is 4.09. The summed E-state index contributed by atoms with van der Waals surface area (Å²) in [7, 11) is 0. The Labute approximate surface area is 128 Å². The number of carbonyl (C=O) groups is 1. The summed E-state index contributed by atoms with van der Waals surface area (Å²) < 4.78 is 30.7. The minimum Gasteiger partial charge on any atom is -0.432 e. The maximum Gasteiger partial charge on any atom is 0.387 e. The van der Waals surface area contributed by atoms with Crippen LogP contribution in [-0.2, 0) is 11.3 Å². The first-order valence-electron chi connectivity index (χ1n) is 6.58. The topological polar surface area (TPSA) is 81.9 Å². The van der Waals surface area contributed by atoms with Crippen molar-refractivity contribution in [2.45, 2.75) is 13.2 Å². The van der Waals surface area contributed by atoms with E-state index in [1.165, 1.54) is 35.7 Å². The summed E-state index contributed by atoms with van der Waals surface area (Å²) in [5, 5.41) is 7.03. The zero-order chi connectivity index (χ0) is 16.2. The highest BCUT2D eigenvalue weighted by molar-refractivity contribution is 6.02. The number of pyridine rings is 1. The minimum atomic E-state index is -2.95. The first kappa shape index (κ1) is 14.8. The van der Waals surface area contributed by atoms with Crippen molar-refractivity contribution in [2.24, 2.45) is 0 Å². The van der Waals surface area contributed by atoms with E-state index in [4.69, 9.17) is 0 Å². The Hall–Kier alpha value is -3.10. The molecular weight excluding hydrogens is 308 g/mol. The van der Waals surface area contributed by atoms with Crippen molar-refractivity contribution >= 4 is 22.5 Å². The zero-order valence-corrected chi connectivity index (χ0v) is 11.7. The molecule has 1 amide bonds. The summed E-state index contributed by atoms with van der Waals surface area (Å²) in [5.41, 5.74) is 0.686. The molecule has 3 aromatic rings. The lowest BCUT2D eigenvalue weighted by Gasteiger charge is -2.12. The molecule has 0 bridgehead atoms. The predicted octanol–water partition coefficient (Wildman–Crippen LogP) is 2.07. The number of alkyl halides is 2. The van der Waals surface area contributed by atoms with E-state index in [2.05, 4.69) is 25.1 Å². The van der Waals surface area contributed by atoms with E-state index in [0.29, 0.717) is 11.1 Å². The van der Waals surface area contributed by atoms with E-state index in [0.717, 1.165) is 0 Å². The number of ether oxygens (including phenoxy) is 1. The molecule has 0 aliphatic heterocycles. The average molecular weight is 319 g/mol. The van der Waals surface area contributed by atoms with Crippen LogP contribution in [0, 0.1) is 0 Å². The first-order valence-corrected chi connectivity index (χ1v) is 6.58. The van der Waals surface area contributed by atoms with Crippen LogP contribution in [0.1, 0.15) is 0 Å². The van der Waals surface area contributed by atoms with Gasteiger partial charge in [0.05, 0.1) is 5.69 Å². The van der Waals surface area contributed by atoms with Crippen molar-refractivity contribution in [3.8, 4) is 5.75 Å². The van der Waals surface area contributed by atoms with Crippen LogP contribution in [0.4, 0.5) is 14.5 Å². The number of hydrogen-bond acceptors (Lipinski definition) is 5. The van der Waals surface area contributed by atoms with Gasteiger partial charge in [0.2, 0.25) is 5.91 Å². The van der Waals surface area contributed by atoms with Crippen LogP contribution >= 0.6 is 0 Å². The van der Waals surface area contributed by atoms with Crippen molar-refractivity contribution in [3.05, 3.63) is 43.1 Å².